The predicted octanol–water partition coefficient (Wildman–Crippen LogP) is 4.35. The molecule has 0 aliphatic heterocycles. The zero-order valence-corrected chi connectivity index (χ0v) is 11.2. The molecule has 0 aliphatic rings. The Balaban J connectivity index is 1.56. The molecule has 0 spiro atoms. The van der Waals surface area contributed by atoms with Gasteiger partial charge in [-0.15, -0.1) is 0 Å². The van der Waals surface area contributed by atoms with E-state index in [2.05, 4.69) is 60.7 Å². The molecular formula is C18H20O. The summed E-state index contributed by atoms with van der Waals surface area (Å²) in [6.45, 7) is 1.58. The Morgan fingerprint density at radius 3 is 2.21 bits per heavy atom. The maximum atomic E-state index is 5.62. The van der Waals surface area contributed by atoms with E-state index in [1.807, 2.05) is 12.1 Å². The summed E-state index contributed by atoms with van der Waals surface area (Å²) in [7, 11) is 0. The van der Waals surface area contributed by atoms with Gasteiger partial charge < -0.3 is 4.74 Å². The molecule has 0 heterocycles. The molecule has 0 amide bonds. The van der Waals surface area contributed by atoms with Crippen LogP contribution in [0, 0.1) is 0 Å². The first kappa shape index (κ1) is 13.6. The Labute approximate surface area is 115 Å². The van der Waals surface area contributed by atoms with Crippen molar-refractivity contribution >= 4 is 6.08 Å². The quantitative estimate of drug-likeness (QED) is 0.666. The molecule has 19 heavy (non-hydrogen) atoms. The zero-order chi connectivity index (χ0) is 13.2. The minimum Gasteiger partial charge on any atom is -0.381 e. The molecule has 0 unspecified atom stereocenters. The van der Waals surface area contributed by atoms with Crippen molar-refractivity contribution in [2.24, 2.45) is 0 Å². The lowest BCUT2D eigenvalue weighted by molar-refractivity contribution is 0.142. The average molecular weight is 252 g/mol. The first-order valence-corrected chi connectivity index (χ1v) is 6.78. The van der Waals surface area contributed by atoms with Gasteiger partial charge in [0.05, 0.1) is 13.2 Å². The summed E-state index contributed by atoms with van der Waals surface area (Å²) in [5.74, 6) is 0. The first-order chi connectivity index (χ1) is 9.45. The lowest BCUT2D eigenvalue weighted by Gasteiger charge is -2.02. The van der Waals surface area contributed by atoms with Crippen molar-refractivity contribution in [1.29, 1.82) is 0 Å². The van der Waals surface area contributed by atoms with Crippen LogP contribution < -0.4 is 0 Å². The van der Waals surface area contributed by atoms with Gasteiger partial charge in [0.25, 0.3) is 0 Å². The van der Waals surface area contributed by atoms with Crippen molar-refractivity contribution in [3.8, 4) is 0 Å². The van der Waals surface area contributed by atoms with E-state index in [9.17, 15) is 0 Å². The first-order valence-electron chi connectivity index (χ1n) is 6.78. The van der Waals surface area contributed by atoms with Crippen molar-refractivity contribution in [1.82, 2.24) is 0 Å². The Kier molecular flexibility index (Phi) is 5.91. The second-order valence-electron chi connectivity index (χ2n) is 4.45. The zero-order valence-electron chi connectivity index (χ0n) is 11.2. The fourth-order valence-electron chi connectivity index (χ4n) is 1.87. The number of hydrogen-bond acceptors (Lipinski definition) is 1. The van der Waals surface area contributed by atoms with E-state index >= 15 is 0 Å². The van der Waals surface area contributed by atoms with E-state index in [0.29, 0.717) is 0 Å². The van der Waals surface area contributed by atoms with Crippen LogP contribution in [0.3, 0.4) is 0 Å². The van der Waals surface area contributed by atoms with Crippen LogP contribution in [0.25, 0.3) is 6.08 Å². The van der Waals surface area contributed by atoms with Crippen LogP contribution in [0.5, 0.6) is 0 Å². The molecule has 0 atom stereocenters. The van der Waals surface area contributed by atoms with Gasteiger partial charge in [-0.25, -0.2) is 0 Å². The molecule has 2 rings (SSSR count). The summed E-state index contributed by atoms with van der Waals surface area (Å²) in [5.41, 5.74) is 2.58. The molecule has 0 bridgehead atoms. The van der Waals surface area contributed by atoms with Crippen molar-refractivity contribution < 1.29 is 4.74 Å². The summed E-state index contributed by atoms with van der Waals surface area (Å²) in [6, 6.07) is 20.8. The standard InChI is InChI=1S/C18H20O/c1-3-9-17(10-4-1)13-7-8-15-19-16-14-18-11-5-2-6-12-18/h1-7,9-13H,8,14-16H2. The highest BCUT2D eigenvalue weighted by Crippen LogP contribution is 2.02. The summed E-state index contributed by atoms with van der Waals surface area (Å²) < 4.78 is 5.62. The second-order valence-corrected chi connectivity index (χ2v) is 4.45. The molecular weight excluding hydrogens is 232 g/mol. The maximum Gasteiger partial charge on any atom is 0.0506 e. The molecule has 98 valence electrons. The Hall–Kier alpha value is -1.86. The largest absolute Gasteiger partial charge is 0.381 e. The van der Waals surface area contributed by atoms with Crippen LogP contribution in [0.1, 0.15) is 17.5 Å². The fourth-order valence-corrected chi connectivity index (χ4v) is 1.87. The van der Waals surface area contributed by atoms with Gasteiger partial charge in [-0.2, -0.15) is 0 Å². The summed E-state index contributed by atoms with van der Waals surface area (Å²) in [4.78, 5) is 0. The van der Waals surface area contributed by atoms with Gasteiger partial charge in [-0.3, -0.25) is 0 Å². The van der Waals surface area contributed by atoms with Gasteiger partial charge in [0.2, 0.25) is 0 Å². The third kappa shape index (κ3) is 5.54. The summed E-state index contributed by atoms with van der Waals surface area (Å²) in [5, 5.41) is 0. The van der Waals surface area contributed by atoms with E-state index < -0.39 is 0 Å². The molecule has 2 aromatic rings. The van der Waals surface area contributed by atoms with Crippen molar-refractivity contribution in [2.45, 2.75) is 12.8 Å². The highest BCUT2D eigenvalue weighted by molar-refractivity contribution is 5.48. The van der Waals surface area contributed by atoms with Gasteiger partial charge in [0, 0.05) is 0 Å². The molecule has 0 aliphatic carbocycles. The third-order valence-electron chi connectivity index (χ3n) is 2.92. The SMILES string of the molecule is C(=Cc1ccccc1)CCOCCc1ccccc1. The van der Waals surface area contributed by atoms with Gasteiger partial charge in [-0.1, -0.05) is 72.8 Å². The van der Waals surface area contributed by atoms with Gasteiger partial charge >= 0.3 is 0 Å². The predicted molar refractivity (Wildman–Crippen MR) is 81.1 cm³/mol. The van der Waals surface area contributed by atoms with E-state index in [1.165, 1.54) is 11.1 Å². The summed E-state index contributed by atoms with van der Waals surface area (Å²) in [6.07, 6.45) is 6.26. The molecule has 1 heteroatoms. The Morgan fingerprint density at radius 2 is 1.47 bits per heavy atom. The van der Waals surface area contributed by atoms with E-state index in [-0.39, 0.29) is 0 Å². The monoisotopic (exact) mass is 252 g/mol. The smallest absolute Gasteiger partial charge is 0.0506 e. The number of benzene rings is 2. The number of ether oxygens (including phenoxy) is 1. The van der Waals surface area contributed by atoms with Crippen LogP contribution in [-0.2, 0) is 11.2 Å². The van der Waals surface area contributed by atoms with Crippen LogP contribution in [0.4, 0.5) is 0 Å². The maximum absolute atomic E-state index is 5.62. The second kappa shape index (κ2) is 8.28. The van der Waals surface area contributed by atoms with Gasteiger partial charge in [-0.05, 0) is 24.0 Å². The third-order valence-corrected chi connectivity index (χ3v) is 2.92. The van der Waals surface area contributed by atoms with Crippen LogP contribution >= 0.6 is 0 Å². The van der Waals surface area contributed by atoms with Crippen molar-refractivity contribution in [3.05, 3.63) is 77.9 Å². The normalized spacial score (nSPS) is 10.9. The molecule has 0 N–H and O–H groups in total. The van der Waals surface area contributed by atoms with E-state index in [0.717, 1.165) is 26.1 Å². The van der Waals surface area contributed by atoms with Crippen LogP contribution in [-0.4, -0.2) is 13.2 Å². The molecule has 2 aromatic carbocycles. The minimum absolute atomic E-state index is 0.788. The lowest BCUT2D eigenvalue weighted by atomic mass is 10.2. The van der Waals surface area contributed by atoms with E-state index in [1.54, 1.807) is 0 Å². The summed E-state index contributed by atoms with van der Waals surface area (Å²) >= 11 is 0. The lowest BCUT2D eigenvalue weighted by Crippen LogP contribution is -1.99. The van der Waals surface area contributed by atoms with Crippen molar-refractivity contribution in [2.75, 3.05) is 13.2 Å². The van der Waals surface area contributed by atoms with Crippen LogP contribution in [0.15, 0.2) is 66.7 Å². The fraction of sp³-hybridized carbons (Fsp3) is 0.222. The average Bonchev–Trinajstić information content (AvgIpc) is 2.48. The Bertz CT molecular complexity index is 474. The Morgan fingerprint density at radius 1 is 0.789 bits per heavy atom. The molecule has 0 saturated heterocycles. The number of rotatable bonds is 7. The molecule has 0 aromatic heterocycles. The van der Waals surface area contributed by atoms with E-state index in [4.69, 9.17) is 4.74 Å². The number of hydrogen-bond donors (Lipinski definition) is 0. The minimum atomic E-state index is 0.788. The molecule has 0 radical (unpaired) electrons. The van der Waals surface area contributed by atoms with Gasteiger partial charge in [0.15, 0.2) is 0 Å². The van der Waals surface area contributed by atoms with Crippen molar-refractivity contribution in [3.63, 3.8) is 0 Å². The molecule has 0 fully saturated rings. The molecule has 1 nitrogen and oxygen atoms in total. The molecule has 0 saturated carbocycles. The van der Waals surface area contributed by atoms with Crippen LogP contribution in [0.2, 0.25) is 0 Å². The highest BCUT2D eigenvalue weighted by atomic mass is 16.5. The van der Waals surface area contributed by atoms with Gasteiger partial charge in [0.1, 0.15) is 0 Å². The highest BCUT2D eigenvalue weighted by Gasteiger charge is 1.91. The topological polar surface area (TPSA) is 9.23 Å².